The maximum absolute atomic E-state index is 13.3. The third-order valence-electron chi connectivity index (χ3n) is 3.90. The van der Waals surface area contributed by atoms with Crippen LogP contribution in [0.3, 0.4) is 0 Å². The van der Waals surface area contributed by atoms with Gasteiger partial charge in [-0.3, -0.25) is 0 Å². The van der Waals surface area contributed by atoms with Crippen molar-refractivity contribution >= 4 is 34.1 Å². The van der Waals surface area contributed by atoms with E-state index in [2.05, 4.69) is 10.6 Å². The minimum absolute atomic E-state index is 0.00295. The molecular weight excluding hydrogens is 346 g/mol. The maximum atomic E-state index is 13.3. The summed E-state index contributed by atoms with van der Waals surface area (Å²) in [5.41, 5.74) is 0.952. The Morgan fingerprint density at radius 1 is 1.04 bits per heavy atom. The number of urea groups is 1. The lowest BCUT2D eigenvalue weighted by atomic mass is 10.00. The smallest absolute Gasteiger partial charge is 0.319 e. The number of carbonyl (C=O) groups is 1. The lowest BCUT2D eigenvalue weighted by Gasteiger charge is -2.17. The van der Waals surface area contributed by atoms with Crippen LogP contribution in [0.2, 0.25) is 5.02 Å². The molecule has 0 aliphatic carbocycles. The minimum atomic E-state index is -1.08. The first-order valence-electron chi connectivity index (χ1n) is 7.65. The summed E-state index contributed by atoms with van der Waals surface area (Å²) in [6.45, 7) is 1.84. The van der Waals surface area contributed by atoms with Gasteiger partial charge in [0.05, 0.1) is 16.8 Å². The molecule has 0 saturated carbocycles. The molecule has 0 bridgehead atoms. The molecule has 3 aromatic carbocycles. The van der Waals surface area contributed by atoms with Crippen molar-refractivity contribution < 1.29 is 13.6 Å². The number of carbonyl (C=O) groups excluding carboxylic acids is 1. The van der Waals surface area contributed by atoms with Crippen molar-refractivity contribution in [1.82, 2.24) is 5.32 Å². The Labute approximate surface area is 148 Å². The quantitative estimate of drug-likeness (QED) is 0.582. The molecule has 1 atom stereocenters. The van der Waals surface area contributed by atoms with E-state index in [9.17, 15) is 13.6 Å². The van der Waals surface area contributed by atoms with E-state index in [-0.39, 0.29) is 16.8 Å². The summed E-state index contributed by atoms with van der Waals surface area (Å²) in [5.74, 6) is -2.15. The maximum Gasteiger partial charge on any atom is 0.319 e. The summed E-state index contributed by atoms with van der Waals surface area (Å²) in [6.07, 6.45) is 0. The van der Waals surface area contributed by atoms with E-state index in [1.807, 2.05) is 49.4 Å². The molecule has 0 spiro atoms. The average molecular weight is 361 g/mol. The van der Waals surface area contributed by atoms with Crippen LogP contribution in [0.1, 0.15) is 18.5 Å². The number of halogens is 3. The zero-order chi connectivity index (χ0) is 18.0. The number of fused-ring (bicyclic) bond motifs is 1. The molecule has 0 heterocycles. The van der Waals surface area contributed by atoms with Crippen molar-refractivity contribution in [3.05, 3.63) is 76.8 Å². The van der Waals surface area contributed by atoms with Crippen LogP contribution in [0.4, 0.5) is 19.3 Å². The summed E-state index contributed by atoms with van der Waals surface area (Å²) >= 11 is 5.83. The first kappa shape index (κ1) is 17.2. The molecule has 0 unspecified atom stereocenters. The first-order chi connectivity index (χ1) is 12.0. The highest BCUT2D eigenvalue weighted by Crippen LogP contribution is 2.26. The van der Waals surface area contributed by atoms with Gasteiger partial charge in [-0.2, -0.15) is 0 Å². The Kier molecular flexibility index (Phi) is 4.86. The number of anilines is 1. The lowest BCUT2D eigenvalue weighted by Crippen LogP contribution is -2.31. The normalized spacial score (nSPS) is 12.0. The molecular formula is C19H15ClF2N2O. The van der Waals surface area contributed by atoms with E-state index < -0.39 is 17.7 Å². The molecule has 3 aromatic rings. The molecule has 0 aromatic heterocycles. The molecule has 2 amide bonds. The van der Waals surface area contributed by atoms with Gasteiger partial charge in [0.2, 0.25) is 0 Å². The highest BCUT2D eigenvalue weighted by Gasteiger charge is 2.15. The van der Waals surface area contributed by atoms with E-state index in [0.717, 1.165) is 28.5 Å². The Balaban J connectivity index is 1.78. The first-order valence-corrected chi connectivity index (χ1v) is 8.03. The topological polar surface area (TPSA) is 41.1 Å². The van der Waals surface area contributed by atoms with E-state index in [1.165, 1.54) is 0 Å². The van der Waals surface area contributed by atoms with Crippen LogP contribution in [0.5, 0.6) is 0 Å². The standard InChI is InChI=1S/C19H15ClF2N2O/c1-11(13-8-4-6-12-5-2-3-7-14(12)13)23-19(25)24-18-10-17(22)16(21)9-15(18)20/h2-11H,1H3,(H2,23,24,25)/t11-/m1/s1. The molecule has 0 radical (unpaired) electrons. The summed E-state index contributed by atoms with van der Waals surface area (Å²) in [4.78, 5) is 12.2. The van der Waals surface area contributed by atoms with E-state index in [0.29, 0.717) is 0 Å². The minimum Gasteiger partial charge on any atom is -0.331 e. The fourth-order valence-electron chi connectivity index (χ4n) is 2.68. The summed E-state index contributed by atoms with van der Waals surface area (Å²) in [5, 5.41) is 7.23. The summed E-state index contributed by atoms with van der Waals surface area (Å²) < 4.78 is 26.4. The van der Waals surface area contributed by atoms with Gasteiger partial charge >= 0.3 is 6.03 Å². The molecule has 128 valence electrons. The van der Waals surface area contributed by atoms with Crippen LogP contribution in [0.15, 0.2) is 54.6 Å². The van der Waals surface area contributed by atoms with Crippen LogP contribution in [0.25, 0.3) is 10.8 Å². The second-order valence-electron chi connectivity index (χ2n) is 5.63. The van der Waals surface area contributed by atoms with Gasteiger partial charge in [0.1, 0.15) is 0 Å². The van der Waals surface area contributed by atoms with Crippen LogP contribution < -0.4 is 10.6 Å². The van der Waals surface area contributed by atoms with E-state index in [4.69, 9.17) is 11.6 Å². The van der Waals surface area contributed by atoms with Gasteiger partial charge in [0, 0.05) is 6.07 Å². The van der Waals surface area contributed by atoms with Gasteiger partial charge in [-0.1, -0.05) is 54.1 Å². The predicted octanol–water partition coefficient (Wildman–Crippen LogP) is 5.65. The van der Waals surface area contributed by atoms with Crippen molar-refractivity contribution in [2.45, 2.75) is 13.0 Å². The SMILES string of the molecule is C[C@@H](NC(=O)Nc1cc(F)c(F)cc1Cl)c1cccc2ccccc12. The molecule has 6 heteroatoms. The van der Waals surface area contributed by atoms with Crippen molar-refractivity contribution in [3.8, 4) is 0 Å². The lowest BCUT2D eigenvalue weighted by molar-refractivity contribution is 0.249. The second kappa shape index (κ2) is 7.07. The van der Waals surface area contributed by atoms with Gasteiger partial charge in [-0.15, -0.1) is 0 Å². The fraction of sp³-hybridized carbons (Fsp3) is 0.105. The molecule has 0 aliphatic heterocycles. The zero-order valence-electron chi connectivity index (χ0n) is 13.3. The monoisotopic (exact) mass is 360 g/mol. The molecule has 0 saturated heterocycles. The number of hydrogen-bond acceptors (Lipinski definition) is 1. The Morgan fingerprint density at radius 2 is 1.72 bits per heavy atom. The summed E-state index contributed by atoms with van der Waals surface area (Å²) in [6, 6.07) is 14.5. The van der Waals surface area contributed by atoms with E-state index in [1.54, 1.807) is 0 Å². The highest BCUT2D eigenvalue weighted by molar-refractivity contribution is 6.33. The van der Waals surface area contributed by atoms with Crippen molar-refractivity contribution in [2.75, 3.05) is 5.32 Å². The van der Waals surface area contributed by atoms with E-state index >= 15 is 0 Å². The number of nitrogens with one attached hydrogen (secondary N) is 2. The Morgan fingerprint density at radius 3 is 2.52 bits per heavy atom. The van der Waals surface area contributed by atoms with Gasteiger partial charge in [0.25, 0.3) is 0 Å². The third kappa shape index (κ3) is 3.72. The van der Waals surface area contributed by atoms with Gasteiger partial charge < -0.3 is 10.6 Å². The van der Waals surface area contributed by atoms with Gasteiger partial charge in [0.15, 0.2) is 11.6 Å². The van der Waals surface area contributed by atoms with Crippen molar-refractivity contribution in [2.24, 2.45) is 0 Å². The molecule has 2 N–H and O–H groups in total. The number of benzene rings is 3. The Hall–Kier alpha value is -2.66. The molecule has 3 rings (SSSR count). The van der Waals surface area contributed by atoms with Crippen LogP contribution in [0, 0.1) is 11.6 Å². The highest BCUT2D eigenvalue weighted by atomic mass is 35.5. The number of amides is 2. The van der Waals surface area contributed by atoms with Crippen LogP contribution in [-0.2, 0) is 0 Å². The van der Waals surface area contributed by atoms with Crippen molar-refractivity contribution in [3.63, 3.8) is 0 Å². The molecule has 0 aliphatic rings. The van der Waals surface area contributed by atoms with Crippen LogP contribution in [-0.4, -0.2) is 6.03 Å². The largest absolute Gasteiger partial charge is 0.331 e. The molecule has 3 nitrogen and oxygen atoms in total. The summed E-state index contributed by atoms with van der Waals surface area (Å²) in [7, 11) is 0. The molecule has 25 heavy (non-hydrogen) atoms. The van der Waals surface area contributed by atoms with Gasteiger partial charge in [-0.05, 0) is 29.3 Å². The Bertz CT molecular complexity index is 941. The third-order valence-corrected chi connectivity index (χ3v) is 4.21. The predicted molar refractivity (Wildman–Crippen MR) is 95.9 cm³/mol. The number of rotatable bonds is 3. The van der Waals surface area contributed by atoms with Gasteiger partial charge in [-0.25, -0.2) is 13.6 Å². The zero-order valence-corrected chi connectivity index (χ0v) is 14.1. The second-order valence-corrected chi connectivity index (χ2v) is 6.04. The molecule has 0 fully saturated rings. The van der Waals surface area contributed by atoms with Crippen molar-refractivity contribution in [1.29, 1.82) is 0 Å². The number of hydrogen-bond donors (Lipinski definition) is 2. The fourth-order valence-corrected chi connectivity index (χ4v) is 2.88. The average Bonchev–Trinajstić information content (AvgIpc) is 2.59. The van der Waals surface area contributed by atoms with Crippen LogP contribution >= 0.6 is 11.6 Å².